The molecule has 10 heteroatoms. The highest BCUT2D eigenvalue weighted by molar-refractivity contribution is 6.33. The predicted octanol–water partition coefficient (Wildman–Crippen LogP) is 4.38. The molecule has 0 spiro atoms. The van der Waals surface area contributed by atoms with Crippen molar-refractivity contribution in [3.8, 4) is 5.75 Å². The molecule has 1 unspecified atom stereocenters. The molecule has 0 fully saturated rings. The lowest BCUT2D eigenvalue weighted by Crippen LogP contribution is -2.32. The summed E-state index contributed by atoms with van der Waals surface area (Å²) in [5, 5.41) is 5.13. The first-order valence-corrected chi connectivity index (χ1v) is 8.81. The van der Waals surface area contributed by atoms with Gasteiger partial charge in [-0.1, -0.05) is 23.7 Å². The van der Waals surface area contributed by atoms with Gasteiger partial charge in [0.2, 0.25) is 5.91 Å². The topological polar surface area (TPSA) is 67.4 Å². The maximum absolute atomic E-state index is 13.0. The third-order valence-corrected chi connectivity index (χ3v) is 4.12. The number of hydrogen-bond acceptors (Lipinski definition) is 3. The van der Waals surface area contributed by atoms with Gasteiger partial charge in [0.15, 0.2) is 0 Å². The first kappa shape index (κ1) is 22.5. The minimum atomic E-state index is -4.77. The van der Waals surface area contributed by atoms with Crippen molar-refractivity contribution in [3.63, 3.8) is 0 Å². The number of alkyl halides is 3. The lowest BCUT2D eigenvalue weighted by Gasteiger charge is -2.15. The van der Waals surface area contributed by atoms with E-state index in [0.29, 0.717) is 5.56 Å². The number of amides is 2. The van der Waals surface area contributed by atoms with Crippen molar-refractivity contribution in [2.75, 3.05) is 6.54 Å². The highest BCUT2D eigenvalue weighted by Crippen LogP contribution is 2.24. The SMILES string of the molecule is CC(NC(=O)CCNC(=O)c1ccc(F)cc1Cl)c1ccc(OC(F)(F)F)cc1. The third-order valence-electron chi connectivity index (χ3n) is 3.80. The van der Waals surface area contributed by atoms with Gasteiger partial charge in [0.05, 0.1) is 16.6 Å². The van der Waals surface area contributed by atoms with Gasteiger partial charge < -0.3 is 15.4 Å². The van der Waals surface area contributed by atoms with Gasteiger partial charge in [0.25, 0.3) is 5.91 Å². The fraction of sp³-hybridized carbons (Fsp3) is 0.263. The van der Waals surface area contributed by atoms with E-state index in [1.807, 2.05) is 0 Å². The maximum atomic E-state index is 13.0. The van der Waals surface area contributed by atoms with Gasteiger partial charge in [0, 0.05) is 13.0 Å². The average molecular weight is 433 g/mol. The molecule has 0 heterocycles. The first-order chi connectivity index (χ1) is 13.5. The Balaban J connectivity index is 1.80. The molecule has 156 valence electrons. The standard InChI is InChI=1S/C19H17ClF4N2O3/c1-11(12-2-5-14(6-3-12)29-19(22,23)24)26-17(27)8-9-25-18(28)15-7-4-13(21)10-16(15)20/h2-7,10-11H,8-9H2,1H3,(H,25,28)(H,26,27). The Hall–Kier alpha value is -2.81. The molecule has 0 aromatic heterocycles. The van der Waals surface area contributed by atoms with Gasteiger partial charge in [-0.2, -0.15) is 0 Å². The van der Waals surface area contributed by atoms with Gasteiger partial charge in [0.1, 0.15) is 11.6 Å². The molecule has 0 bridgehead atoms. The second kappa shape index (κ2) is 9.60. The van der Waals surface area contributed by atoms with Crippen molar-refractivity contribution in [3.05, 3.63) is 64.4 Å². The van der Waals surface area contributed by atoms with Crippen LogP contribution in [-0.4, -0.2) is 24.7 Å². The van der Waals surface area contributed by atoms with Crippen LogP contribution in [0.4, 0.5) is 17.6 Å². The smallest absolute Gasteiger partial charge is 0.406 e. The zero-order chi connectivity index (χ0) is 21.6. The van der Waals surface area contributed by atoms with Crippen molar-refractivity contribution in [2.45, 2.75) is 25.7 Å². The molecule has 2 rings (SSSR count). The quantitative estimate of drug-likeness (QED) is 0.638. The lowest BCUT2D eigenvalue weighted by atomic mass is 10.1. The van der Waals surface area contributed by atoms with E-state index in [1.54, 1.807) is 6.92 Å². The van der Waals surface area contributed by atoms with Gasteiger partial charge in [-0.05, 0) is 42.8 Å². The van der Waals surface area contributed by atoms with Crippen LogP contribution in [0.2, 0.25) is 5.02 Å². The van der Waals surface area contributed by atoms with E-state index < -0.39 is 24.1 Å². The molecule has 2 aromatic rings. The van der Waals surface area contributed by atoms with Crippen LogP contribution in [0, 0.1) is 5.82 Å². The molecule has 0 aliphatic carbocycles. The summed E-state index contributed by atoms with van der Waals surface area (Å²) in [6, 6.07) is 7.99. The number of nitrogens with one attached hydrogen (secondary N) is 2. The number of carbonyl (C=O) groups is 2. The summed E-state index contributed by atoms with van der Waals surface area (Å²) in [6.07, 6.45) is -4.81. The van der Waals surface area contributed by atoms with Crippen LogP contribution < -0.4 is 15.4 Å². The second-order valence-electron chi connectivity index (χ2n) is 6.04. The monoisotopic (exact) mass is 432 g/mol. The van der Waals surface area contributed by atoms with Gasteiger partial charge in [-0.3, -0.25) is 9.59 Å². The molecule has 0 aliphatic rings. The largest absolute Gasteiger partial charge is 0.573 e. The third kappa shape index (κ3) is 7.26. The van der Waals surface area contributed by atoms with Crippen LogP contribution in [0.1, 0.15) is 35.3 Å². The van der Waals surface area contributed by atoms with Crippen molar-refractivity contribution >= 4 is 23.4 Å². The summed E-state index contributed by atoms with van der Waals surface area (Å²) in [4.78, 5) is 24.0. The molecule has 2 amide bonds. The molecule has 0 aliphatic heterocycles. The van der Waals surface area contributed by atoms with Crippen LogP contribution >= 0.6 is 11.6 Å². The highest BCUT2D eigenvalue weighted by atomic mass is 35.5. The van der Waals surface area contributed by atoms with E-state index in [9.17, 15) is 27.2 Å². The number of hydrogen-bond donors (Lipinski definition) is 2. The fourth-order valence-corrected chi connectivity index (χ4v) is 2.67. The summed E-state index contributed by atoms with van der Waals surface area (Å²) in [5.74, 6) is -1.85. The molecular weight excluding hydrogens is 416 g/mol. The second-order valence-corrected chi connectivity index (χ2v) is 6.44. The molecule has 2 N–H and O–H groups in total. The van der Waals surface area contributed by atoms with Crippen molar-refractivity contribution in [2.24, 2.45) is 0 Å². The van der Waals surface area contributed by atoms with Gasteiger partial charge >= 0.3 is 6.36 Å². The van der Waals surface area contributed by atoms with E-state index in [1.165, 1.54) is 18.2 Å². The molecular formula is C19H17ClF4N2O3. The zero-order valence-corrected chi connectivity index (χ0v) is 15.9. The van der Waals surface area contributed by atoms with E-state index in [-0.39, 0.29) is 35.2 Å². The molecule has 1 atom stereocenters. The van der Waals surface area contributed by atoms with Crippen molar-refractivity contribution in [1.29, 1.82) is 0 Å². The molecule has 0 saturated carbocycles. The summed E-state index contributed by atoms with van der Waals surface area (Å²) in [6.45, 7) is 1.68. The predicted molar refractivity (Wildman–Crippen MR) is 98.0 cm³/mol. The number of carbonyl (C=O) groups excluding carboxylic acids is 2. The summed E-state index contributed by atoms with van der Waals surface area (Å²) in [5.41, 5.74) is 0.665. The molecule has 29 heavy (non-hydrogen) atoms. The average Bonchev–Trinajstić information content (AvgIpc) is 2.60. The molecule has 5 nitrogen and oxygen atoms in total. The first-order valence-electron chi connectivity index (χ1n) is 8.43. The summed E-state index contributed by atoms with van der Waals surface area (Å²) >= 11 is 5.80. The minimum Gasteiger partial charge on any atom is -0.406 e. The highest BCUT2D eigenvalue weighted by Gasteiger charge is 2.31. The van der Waals surface area contributed by atoms with E-state index >= 15 is 0 Å². The van der Waals surface area contributed by atoms with Crippen molar-refractivity contribution < 1.29 is 31.9 Å². The zero-order valence-electron chi connectivity index (χ0n) is 15.1. The normalized spacial score (nSPS) is 12.2. The maximum Gasteiger partial charge on any atom is 0.573 e. The Morgan fingerprint density at radius 1 is 1.14 bits per heavy atom. The van der Waals surface area contributed by atoms with E-state index in [4.69, 9.17) is 11.6 Å². The van der Waals surface area contributed by atoms with Crippen molar-refractivity contribution in [1.82, 2.24) is 10.6 Å². The number of rotatable bonds is 7. The number of ether oxygens (including phenoxy) is 1. The van der Waals surface area contributed by atoms with Crippen LogP contribution in [0.3, 0.4) is 0 Å². The van der Waals surface area contributed by atoms with E-state index in [0.717, 1.165) is 24.3 Å². The Kier molecular flexibility index (Phi) is 7.44. The molecule has 0 saturated heterocycles. The summed E-state index contributed by atoms with van der Waals surface area (Å²) in [7, 11) is 0. The van der Waals surface area contributed by atoms with Crippen LogP contribution in [0.25, 0.3) is 0 Å². The van der Waals surface area contributed by atoms with Gasteiger partial charge in [-0.25, -0.2) is 4.39 Å². The Labute approximate surface area is 169 Å². The fourth-order valence-electron chi connectivity index (χ4n) is 2.41. The number of halogens is 5. The van der Waals surface area contributed by atoms with Gasteiger partial charge in [-0.15, -0.1) is 13.2 Å². The minimum absolute atomic E-state index is 0.0173. The molecule has 0 radical (unpaired) electrons. The van der Waals surface area contributed by atoms with Crippen LogP contribution in [0.15, 0.2) is 42.5 Å². The van der Waals surface area contributed by atoms with Crippen LogP contribution in [0.5, 0.6) is 5.75 Å². The Morgan fingerprint density at radius 2 is 1.79 bits per heavy atom. The van der Waals surface area contributed by atoms with E-state index in [2.05, 4.69) is 15.4 Å². The Bertz CT molecular complexity index is 873. The Morgan fingerprint density at radius 3 is 2.38 bits per heavy atom. The number of benzene rings is 2. The molecule has 2 aromatic carbocycles. The lowest BCUT2D eigenvalue weighted by molar-refractivity contribution is -0.274. The van der Waals surface area contributed by atoms with Crippen LogP contribution in [-0.2, 0) is 4.79 Å². The summed E-state index contributed by atoms with van der Waals surface area (Å²) < 4.78 is 53.3.